The molecule has 0 aliphatic heterocycles. The van der Waals surface area contributed by atoms with Gasteiger partial charge in [-0.2, -0.15) is 0 Å². The Morgan fingerprint density at radius 2 is 1.95 bits per heavy atom. The monoisotopic (exact) mass is 271 g/mol. The maximum atomic E-state index is 10.5. The number of hydrogen-bond acceptors (Lipinski definition) is 3. The van der Waals surface area contributed by atoms with E-state index in [9.17, 15) is 5.11 Å². The fourth-order valence-electron chi connectivity index (χ4n) is 2.36. The first-order chi connectivity index (χ1) is 9.67. The summed E-state index contributed by atoms with van der Waals surface area (Å²) in [5, 5.41) is 10.5. The molecule has 0 saturated heterocycles. The van der Waals surface area contributed by atoms with Crippen LogP contribution in [0, 0.1) is 0 Å². The van der Waals surface area contributed by atoms with Crippen LogP contribution in [0.2, 0.25) is 0 Å². The summed E-state index contributed by atoms with van der Waals surface area (Å²) in [6.07, 6.45) is 1.36. The van der Waals surface area contributed by atoms with Gasteiger partial charge in [-0.25, -0.2) is 0 Å². The minimum atomic E-state index is -0.734. The van der Waals surface area contributed by atoms with E-state index in [0.29, 0.717) is 17.0 Å². The van der Waals surface area contributed by atoms with Gasteiger partial charge >= 0.3 is 0 Å². The van der Waals surface area contributed by atoms with Crippen LogP contribution in [-0.4, -0.2) is 12.2 Å². The van der Waals surface area contributed by atoms with Gasteiger partial charge in [0.15, 0.2) is 0 Å². The van der Waals surface area contributed by atoms with E-state index in [2.05, 4.69) is 13.0 Å². The van der Waals surface area contributed by atoms with Gasteiger partial charge in [-0.05, 0) is 23.6 Å². The molecule has 3 nitrogen and oxygen atoms in total. The van der Waals surface area contributed by atoms with Crippen LogP contribution in [0.1, 0.15) is 36.1 Å². The van der Waals surface area contributed by atoms with Crippen molar-refractivity contribution in [2.75, 3.05) is 12.8 Å². The van der Waals surface area contributed by atoms with Gasteiger partial charge in [0.2, 0.25) is 0 Å². The maximum Gasteiger partial charge on any atom is 0.142 e. The van der Waals surface area contributed by atoms with E-state index in [1.54, 1.807) is 13.2 Å². The normalized spacial score (nSPS) is 12.2. The molecule has 0 aromatic heterocycles. The molecule has 0 aliphatic carbocycles. The number of benzene rings is 2. The van der Waals surface area contributed by atoms with Crippen molar-refractivity contribution in [2.45, 2.75) is 25.9 Å². The zero-order chi connectivity index (χ0) is 14.5. The molecular weight excluding hydrogens is 250 g/mol. The lowest BCUT2D eigenvalue weighted by atomic mass is 9.97. The van der Waals surface area contributed by atoms with Crippen LogP contribution in [0.5, 0.6) is 5.75 Å². The highest BCUT2D eigenvalue weighted by atomic mass is 16.5. The van der Waals surface area contributed by atoms with Crippen LogP contribution < -0.4 is 10.5 Å². The van der Waals surface area contributed by atoms with Crippen molar-refractivity contribution in [3.8, 4) is 5.75 Å². The van der Waals surface area contributed by atoms with Crippen LogP contribution in [-0.2, 0) is 6.42 Å². The Hall–Kier alpha value is -2.00. The van der Waals surface area contributed by atoms with Crippen LogP contribution in [0.3, 0.4) is 0 Å². The number of aliphatic hydroxyl groups is 1. The summed E-state index contributed by atoms with van der Waals surface area (Å²) in [7, 11) is 1.57. The second kappa shape index (κ2) is 6.44. The van der Waals surface area contributed by atoms with E-state index in [1.807, 2.05) is 30.3 Å². The Balaban J connectivity index is 2.36. The van der Waals surface area contributed by atoms with E-state index in [4.69, 9.17) is 10.5 Å². The van der Waals surface area contributed by atoms with E-state index in [1.165, 1.54) is 5.56 Å². The van der Waals surface area contributed by atoms with Crippen molar-refractivity contribution in [2.24, 2.45) is 0 Å². The van der Waals surface area contributed by atoms with Crippen molar-refractivity contribution >= 4 is 5.69 Å². The zero-order valence-electron chi connectivity index (χ0n) is 12.0. The molecule has 0 fully saturated rings. The molecule has 0 amide bonds. The Labute approximate surface area is 120 Å². The number of methoxy groups -OCH3 is 1. The van der Waals surface area contributed by atoms with Gasteiger partial charge in [0.25, 0.3) is 0 Å². The maximum absolute atomic E-state index is 10.5. The average molecular weight is 271 g/mol. The lowest BCUT2D eigenvalue weighted by molar-refractivity contribution is 0.220. The largest absolute Gasteiger partial charge is 0.495 e. The SMILES string of the molecule is CCCc1cccc(C(O)c2cccc(OC)c2N)c1. The van der Waals surface area contributed by atoms with E-state index in [-0.39, 0.29) is 0 Å². The quantitative estimate of drug-likeness (QED) is 0.820. The zero-order valence-corrected chi connectivity index (χ0v) is 12.0. The van der Waals surface area contributed by atoms with E-state index < -0.39 is 6.10 Å². The summed E-state index contributed by atoms with van der Waals surface area (Å²) in [6, 6.07) is 13.5. The minimum Gasteiger partial charge on any atom is -0.495 e. The number of anilines is 1. The molecule has 2 rings (SSSR count). The highest BCUT2D eigenvalue weighted by molar-refractivity contribution is 5.60. The summed E-state index contributed by atoms with van der Waals surface area (Å²) >= 11 is 0. The van der Waals surface area contributed by atoms with E-state index in [0.717, 1.165) is 18.4 Å². The topological polar surface area (TPSA) is 55.5 Å². The Morgan fingerprint density at radius 3 is 2.65 bits per heavy atom. The molecule has 0 saturated carbocycles. The molecule has 0 spiro atoms. The fourth-order valence-corrected chi connectivity index (χ4v) is 2.36. The molecule has 1 unspecified atom stereocenters. The molecule has 1 atom stereocenters. The molecule has 0 radical (unpaired) electrons. The van der Waals surface area contributed by atoms with Crippen molar-refractivity contribution in [3.05, 3.63) is 59.2 Å². The molecule has 0 bridgehead atoms. The Bertz CT molecular complexity index is 581. The first kappa shape index (κ1) is 14.4. The van der Waals surface area contributed by atoms with Crippen molar-refractivity contribution in [3.63, 3.8) is 0 Å². The standard InChI is InChI=1S/C17H21NO2/c1-3-6-12-7-4-8-13(11-12)17(19)14-9-5-10-15(20-2)16(14)18/h4-5,7-11,17,19H,3,6,18H2,1-2H3. The molecule has 0 aliphatic rings. The summed E-state index contributed by atoms with van der Waals surface area (Å²) in [5.41, 5.74) is 9.30. The van der Waals surface area contributed by atoms with Gasteiger partial charge < -0.3 is 15.6 Å². The van der Waals surface area contributed by atoms with Gasteiger partial charge in [0, 0.05) is 5.56 Å². The van der Waals surface area contributed by atoms with E-state index >= 15 is 0 Å². The van der Waals surface area contributed by atoms with Gasteiger partial charge in [-0.1, -0.05) is 49.7 Å². The molecule has 0 heterocycles. The van der Waals surface area contributed by atoms with Crippen molar-refractivity contribution in [1.29, 1.82) is 0 Å². The Morgan fingerprint density at radius 1 is 1.20 bits per heavy atom. The summed E-state index contributed by atoms with van der Waals surface area (Å²) in [5.74, 6) is 0.589. The second-order valence-electron chi connectivity index (χ2n) is 4.86. The number of para-hydroxylation sites is 1. The third-order valence-corrected chi connectivity index (χ3v) is 3.42. The molecule has 20 heavy (non-hydrogen) atoms. The number of rotatable bonds is 5. The third-order valence-electron chi connectivity index (χ3n) is 3.42. The molecule has 106 valence electrons. The average Bonchev–Trinajstić information content (AvgIpc) is 2.47. The highest BCUT2D eigenvalue weighted by Crippen LogP contribution is 2.33. The summed E-state index contributed by atoms with van der Waals surface area (Å²) in [4.78, 5) is 0. The number of aryl methyl sites for hydroxylation is 1. The predicted molar refractivity (Wildman–Crippen MR) is 81.9 cm³/mol. The number of ether oxygens (including phenoxy) is 1. The smallest absolute Gasteiger partial charge is 0.142 e. The van der Waals surface area contributed by atoms with Crippen LogP contribution in [0.25, 0.3) is 0 Å². The van der Waals surface area contributed by atoms with Gasteiger partial charge in [0.1, 0.15) is 11.9 Å². The third kappa shape index (κ3) is 2.94. The van der Waals surface area contributed by atoms with Crippen LogP contribution >= 0.6 is 0 Å². The summed E-state index contributed by atoms with van der Waals surface area (Å²) < 4.78 is 5.20. The molecule has 3 heteroatoms. The van der Waals surface area contributed by atoms with Gasteiger partial charge in [-0.3, -0.25) is 0 Å². The molecule has 2 aromatic carbocycles. The number of hydrogen-bond donors (Lipinski definition) is 2. The predicted octanol–water partition coefficient (Wildman–Crippen LogP) is 3.31. The molecule has 2 aromatic rings. The number of nitrogen functional groups attached to an aromatic ring is 1. The number of aliphatic hydroxyl groups excluding tert-OH is 1. The van der Waals surface area contributed by atoms with Crippen LogP contribution in [0.4, 0.5) is 5.69 Å². The lowest BCUT2D eigenvalue weighted by Gasteiger charge is -2.16. The van der Waals surface area contributed by atoms with Gasteiger partial charge in [0.05, 0.1) is 12.8 Å². The number of nitrogens with two attached hydrogens (primary N) is 1. The fraction of sp³-hybridized carbons (Fsp3) is 0.294. The van der Waals surface area contributed by atoms with Crippen LogP contribution in [0.15, 0.2) is 42.5 Å². The first-order valence-electron chi connectivity index (χ1n) is 6.86. The van der Waals surface area contributed by atoms with Crippen molar-refractivity contribution < 1.29 is 9.84 Å². The molecular formula is C17H21NO2. The van der Waals surface area contributed by atoms with Crippen molar-refractivity contribution in [1.82, 2.24) is 0 Å². The Kier molecular flexibility index (Phi) is 4.64. The second-order valence-corrected chi connectivity index (χ2v) is 4.86. The highest BCUT2D eigenvalue weighted by Gasteiger charge is 2.16. The first-order valence-corrected chi connectivity index (χ1v) is 6.86. The molecule has 3 N–H and O–H groups in total. The summed E-state index contributed by atoms with van der Waals surface area (Å²) in [6.45, 7) is 2.14. The lowest BCUT2D eigenvalue weighted by Crippen LogP contribution is -2.05. The minimum absolute atomic E-state index is 0.489. The van der Waals surface area contributed by atoms with Gasteiger partial charge in [-0.15, -0.1) is 0 Å².